The molecule has 20 heavy (non-hydrogen) atoms. The van der Waals surface area contributed by atoms with E-state index >= 15 is 0 Å². The van der Waals surface area contributed by atoms with E-state index in [0.717, 1.165) is 58.0 Å². The number of amides is 1. The van der Waals surface area contributed by atoms with Gasteiger partial charge in [0.1, 0.15) is 0 Å². The Morgan fingerprint density at radius 1 is 1.55 bits per heavy atom. The molecule has 0 spiro atoms. The fourth-order valence-corrected chi connectivity index (χ4v) is 3.70. The van der Waals surface area contributed by atoms with E-state index in [9.17, 15) is 9.59 Å². The number of rotatable bonds is 4. The van der Waals surface area contributed by atoms with Crippen molar-refractivity contribution in [3.8, 4) is 12.3 Å². The third kappa shape index (κ3) is 4.66. The molecule has 106 valence electrons. The van der Waals surface area contributed by atoms with Crippen molar-refractivity contribution in [1.29, 1.82) is 0 Å². The second kappa shape index (κ2) is 8.68. The molecule has 2 atom stereocenters. The van der Waals surface area contributed by atoms with Crippen LogP contribution in [0.5, 0.6) is 0 Å². The van der Waals surface area contributed by atoms with E-state index in [1.807, 2.05) is 7.05 Å². The van der Waals surface area contributed by atoms with Crippen LogP contribution in [0.15, 0.2) is 0 Å². The van der Waals surface area contributed by atoms with Crippen molar-refractivity contribution in [1.82, 2.24) is 9.80 Å². The van der Waals surface area contributed by atoms with Crippen molar-refractivity contribution in [2.24, 2.45) is 0 Å². The summed E-state index contributed by atoms with van der Waals surface area (Å²) in [5.74, 6) is 2.42. The van der Waals surface area contributed by atoms with Gasteiger partial charge < -0.3 is 0 Å². The van der Waals surface area contributed by atoms with Gasteiger partial charge in [0.15, 0.2) is 0 Å². The van der Waals surface area contributed by atoms with Crippen LogP contribution in [-0.4, -0.2) is 113 Å². The molecule has 0 aromatic carbocycles. The Hall–Kier alpha value is 0.304. The van der Waals surface area contributed by atoms with Crippen LogP contribution < -0.4 is 0 Å². The monoisotopic (exact) mass is 666 g/mol. The van der Waals surface area contributed by atoms with Gasteiger partial charge in [0.05, 0.1) is 0 Å². The van der Waals surface area contributed by atoms with E-state index in [1.165, 1.54) is 7.11 Å². The molecule has 1 saturated heterocycles. The first-order valence-corrected chi connectivity index (χ1v) is 10.9. The summed E-state index contributed by atoms with van der Waals surface area (Å²) in [6, 6.07) is -0.238. The average molecular weight is 665 g/mol. The topological polar surface area (TPSA) is 49.9 Å². The van der Waals surface area contributed by atoms with Gasteiger partial charge in [-0.05, 0) is 0 Å². The number of ether oxygens (including phenoxy) is 1. The molecule has 1 rings (SSSR count). The second-order valence-electron chi connectivity index (χ2n) is 4.80. The number of likely N-dealkylation sites (tertiary alicyclic amines) is 1. The molecule has 1 amide bonds. The van der Waals surface area contributed by atoms with E-state index < -0.39 is 6.04 Å². The number of carbonyl (C=O) groups excluding carboxylic acids is 2. The van der Waals surface area contributed by atoms with E-state index in [1.54, 1.807) is 4.90 Å². The van der Waals surface area contributed by atoms with Crippen LogP contribution in [0.1, 0.15) is 12.8 Å². The van der Waals surface area contributed by atoms with E-state index in [-0.39, 0.29) is 19.0 Å². The first-order chi connectivity index (χ1) is 9.42. The zero-order chi connectivity index (χ0) is 15.3. The Morgan fingerprint density at radius 3 is 2.70 bits per heavy atom. The van der Waals surface area contributed by atoms with Crippen molar-refractivity contribution >= 4 is 63.4 Å². The predicted molar refractivity (Wildman–Crippen MR) is 77.3 cm³/mol. The van der Waals surface area contributed by atoms with Crippen molar-refractivity contribution in [2.75, 3.05) is 27.2 Å². The quantitative estimate of drug-likeness (QED) is 0.224. The number of carbonyl (C=O) groups is 2. The molecule has 1 aliphatic heterocycles. The number of hydrogen-bond donors (Lipinski definition) is 0. The predicted octanol–water partition coefficient (Wildman–Crippen LogP) is -0.833. The summed E-state index contributed by atoms with van der Waals surface area (Å²) in [7, 11) is 3.33. The van der Waals surface area contributed by atoms with Gasteiger partial charge in [0, 0.05) is 0 Å². The molecule has 6 radical (unpaired) electrons. The molecule has 0 saturated carbocycles. The normalized spacial score (nSPS) is 22.8. The second-order valence-corrected chi connectivity index (χ2v) is 18.0. The molecule has 0 aliphatic carbocycles. The number of methoxy groups -OCH3 is 1. The van der Waals surface area contributed by atoms with E-state index in [4.69, 9.17) is 11.2 Å². The first kappa shape index (κ1) is 18.4. The van der Waals surface area contributed by atoms with Gasteiger partial charge in [-0.3, -0.25) is 0 Å². The molecule has 5 nitrogen and oxygen atoms in total. The minimum absolute atomic E-state index is 0.122. The van der Waals surface area contributed by atoms with Crippen LogP contribution in [0.4, 0.5) is 0 Å². The van der Waals surface area contributed by atoms with Crippen LogP contribution in [0, 0.1) is 12.3 Å². The summed E-state index contributed by atoms with van der Waals surface area (Å²) in [5.41, 5.74) is 0. The maximum absolute atomic E-state index is 12.3. The molecule has 0 aromatic rings. The van der Waals surface area contributed by atoms with Gasteiger partial charge >= 0.3 is 153 Å². The first-order valence-electron chi connectivity index (χ1n) is 6.36. The van der Waals surface area contributed by atoms with Crippen LogP contribution >= 0.6 is 0 Å². The van der Waals surface area contributed by atoms with Gasteiger partial charge in [0.25, 0.3) is 0 Å². The summed E-state index contributed by atoms with van der Waals surface area (Å²) in [6.45, 7) is 1.16. The van der Waals surface area contributed by atoms with Gasteiger partial charge in [0.2, 0.25) is 0 Å². The van der Waals surface area contributed by atoms with E-state index in [0.29, 0.717) is 19.5 Å². The third-order valence-corrected chi connectivity index (χ3v) is 5.46. The van der Waals surface area contributed by atoms with Gasteiger partial charge in [-0.2, -0.15) is 0 Å². The van der Waals surface area contributed by atoms with Crippen molar-refractivity contribution in [3.05, 3.63) is 0 Å². The molecule has 1 heterocycles. The summed E-state index contributed by atoms with van der Waals surface area (Å²) < 4.78 is 5.02. The number of terminal acetylenes is 1. The third-order valence-electron chi connectivity index (χ3n) is 3.54. The zero-order valence-electron chi connectivity index (χ0n) is 11.8. The molecular formula is C13H18N2O3Pb2. The zero-order valence-corrected chi connectivity index (χ0v) is 19.5. The SMILES string of the molecule is C#CCN(C)C1CCN(C(=O)[CH]([Pb])[Pb])C(C(=O)OC)C1. The Morgan fingerprint density at radius 2 is 2.20 bits per heavy atom. The standard InChI is InChI=1S/C13H18N2O3.2Pb/c1-5-7-14(3)11-6-8-15(10(2)16)12(9-11)13(17)18-4;;/h1-2,11-12H,6-9H2,3-4H3;;. The van der Waals surface area contributed by atoms with Gasteiger partial charge in [-0.1, -0.05) is 0 Å². The molecule has 0 N–H and O–H groups in total. The number of nitrogens with zero attached hydrogens (tertiary/aromatic N) is 2. The van der Waals surface area contributed by atoms with Crippen molar-refractivity contribution in [3.63, 3.8) is 0 Å². The fraction of sp³-hybridized carbons (Fsp3) is 0.692. The molecule has 1 fully saturated rings. The maximum atomic E-state index is 12.3. The molecule has 0 bridgehead atoms. The van der Waals surface area contributed by atoms with Gasteiger partial charge in [-0.25, -0.2) is 0 Å². The number of piperidine rings is 1. The van der Waals surface area contributed by atoms with Crippen molar-refractivity contribution in [2.45, 2.75) is 26.0 Å². The van der Waals surface area contributed by atoms with Gasteiger partial charge in [-0.15, -0.1) is 0 Å². The molecule has 2 unspecified atom stereocenters. The van der Waals surface area contributed by atoms with E-state index in [2.05, 4.69) is 10.8 Å². The fourth-order valence-electron chi connectivity index (χ4n) is 2.41. The molecule has 0 aromatic heterocycles. The van der Waals surface area contributed by atoms with Crippen LogP contribution in [-0.2, 0) is 14.3 Å². The Kier molecular flexibility index (Phi) is 7.96. The Labute approximate surface area is 152 Å². The minimum atomic E-state index is -0.461. The molecule has 7 heteroatoms. The molecule has 1 aliphatic rings. The molecular weight excluding hydrogens is 647 g/mol. The van der Waals surface area contributed by atoms with Crippen LogP contribution in [0.25, 0.3) is 0 Å². The summed E-state index contributed by atoms with van der Waals surface area (Å²) in [6.07, 6.45) is 6.79. The summed E-state index contributed by atoms with van der Waals surface area (Å²) >= 11 is 1.70. The summed E-state index contributed by atoms with van der Waals surface area (Å²) in [4.78, 5) is 28.0. The van der Waals surface area contributed by atoms with Crippen molar-refractivity contribution < 1.29 is 14.3 Å². The average Bonchev–Trinajstić information content (AvgIpc) is 2.45. The Bertz CT molecular complexity index is 409. The van der Waals surface area contributed by atoms with Crippen LogP contribution in [0.2, 0.25) is 1.04 Å². The Balaban J connectivity index is 2.84. The number of hydrogen-bond acceptors (Lipinski definition) is 4. The van der Waals surface area contributed by atoms with Crippen LogP contribution in [0.3, 0.4) is 0 Å². The number of esters is 1. The summed E-state index contributed by atoms with van der Waals surface area (Å²) in [5, 5.41) is 0.